The van der Waals surface area contributed by atoms with Gasteiger partial charge in [0.1, 0.15) is 0 Å². The fraction of sp³-hybridized carbons (Fsp3) is 0.200. The van der Waals surface area contributed by atoms with E-state index in [1.165, 1.54) is 5.01 Å². The Morgan fingerprint density at radius 1 is 0.818 bits per heavy atom. The van der Waals surface area contributed by atoms with Crippen LogP contribution in [0.4, 0.5) is 5.69 Å². The van der Waals surface area contributed by atoms with Gasteiger partial charge in [-0.1, -0.05) is 18.2 Å². The van der Waals surface area contributed by atoms with E-state index in [1.54, 1.807) is 58.9 Å². The molecule has 0 saturated carbocycles. The van der Waals surface area contributed by atoms with Gasteiger partial charge in [0.15, 0.2) is 29.2 Å². The first kappa shape index (κ1) is 22.0. The van der Waals surface area contributed by atoms with Crippen molar-refractivity contribution in [3.05, 3.63) is 77.4 Å². The molecule has 0 saturated heterocycles. The molecule has 0 aromatic heterocycles. The van der Waals surface area contributed by atoms with E-state index in [4.69, 9.17) is 18.9 Å². The molecule has 4 rings (SSSR count). The van der Waals surface area contributed by atoms with Crippen LogP contribution in [-0.2, 0) is 0 Å². The maximum Gasteiger partial charge on any atom is 0.278 e. The van der Waals surface area contributed by atoms with Gasteiger partial charge in [-0.15, -0.1) is 0 Å². The smallest absolute Gasteiger partial charge is 0.278 e. The number of hydrogen-bond donors (Lipinski definition) is 1. The second-order valence-electron chi connectivity index (χ2n) is 7.22. The molecule has 0 aliphatic carbocycles. The Morgan fingerprint density at radius 3 is 2.15 bits per heavy atom. The Morgan fingerprint density at radius 2 is 1.45 bits per heavy atom. The highest BCUT2D eigenvalue weighted by Gasteiger charge is 2.33. The van der Waals surface area contributed by atoms with Crippen LogP contribution >= 0.6 is 0 Å². The lowest BCUT2D eigenvalue weighted by molar-refractivity contribution is 0.0691. The molecule has 1 atom stereocenters. The molecule has 1 heterocycles. The van der Waals surface area contributed by atoms with E-state index in [0.717, 1.165) is 16.8 Å². The zero-order valence-electron chi connectivity index (χ0n) is 18.9. The number of anilines is 1. The summed E-state index contributed by atoms with van der Waals surface area (Å²) in [5.74, 6) is 2.13. The number of hydrogen-bond acceptors (Lipinski definition) is 7. The molecule has 1 aliphatic heterocycles. The Hall–Kier alpha value is -4.20. The van der Waals surface area contributed by atoms with Crippen molar-refractivity contribution in [3.8, 4) is 23.0 Å². The van der Waals surface area contributed by atoms with Gasteiger partial charge in [-0.25, -0.2) is 5.01 Å². The van der Waals surface area contributed by atoms with Crippen molar-refractivity contribution >= 4 is 17.8 Å². The summed E-state index contributed by atoms with van der Waals surface area (Å²) < 4.78 is 21.5. The predicted molar refractivity (Wildman–Crippen MR) is 126 cm³/mol. The van der Waals surface area contributed by atoms with Gasteiger partial charge >= 0.3 is 0 Å². The molecule has 0 radical (unpaired) electrons. The Bertz CT molecular complexity index is 1190. The van der Waals surface area contributed by atoms with Crippen LogP contribution in [0.1, 0.15) is 27.7 Å². The Kier molecular flexibility index (Phi) is 6.35. The third kappa shape index (κ3) is 4.27. The van der Waals surface area contributed by atoms with Gasteiger partial charge in [-0.2, -0.15) is 5.10 Å². The van der Waals surface area contributed by atoms with Crippen LogP contribution in [0.3, 0.4) is 0 Å². The molecule has 8 heteroatoms. The molecule has 33 heavy (non-hydrogen) atoms. The molecule has 3 aromatic rings. The fourth-order valence-electron chi connectivity index (χ4n) is 3.67. The molecule has 0 fully saturated rings. The van der Waals surface area contributed by atoms with Gasteiger partial charge in [0.2, 0.25) is 0 Å². The second-order valence-corrected chi connectivity index (χ2v) is 7.22. The number of fused-ring (bicyclic) bond motifs is 1. The Labute approximate surface area is 192 Å². The zero-order chi connectivity index (χ0) is 23.4. The highest BCUT2D eigenvalue weighted by Crippen LogP contribution is 2.37. The summed E-state index contributed by atoms with van der Waals surface area (Å²) in [4.78, 5) is 13.4. The van der Waals surface area contributed by atoms with Crippen LogP contribution in [0.15, 0.2) is 65.8 Å². The number of ether oxygens (including phenoxy) is 4. The molecular formula is C25H25N3O5. The van der Waals surface area contributed by atoms with Crippen LogP contribution in [-0.4, -0.2) is 45.6 Å². The molecule has 1 N–H and O–H groups in total. The van der Waals surface area contributed by atoms with E-state index >= 15 is 0 Å². The number of benzene rings is 3. The molecule has 8 nitrogen and oxygen atoms in total. The van der Waals surface area contributed by atoms with Crippen LogP contribution in [0, 0.1) is 0 Å². The average Bonchev–Trinajstić information content (AvgIpc) is 2.87. The summed E-state index contributed by atoms with van der Waals surface area (Å²) in [6.07, 6.45) is 1.06. The molecule has 1 unspecified atom stereocenters. The lowest BCUT2D eigenvalue weighted by Gasteiger charge is -2.34. The summed E-state index contributed by atoms with van der Waals surface area (Å²) in [5.41, 5.74) is 2.82. The van der Waals surface area contributed by atoms with E-state index in [9.17, 15) is 4.79 Å². The maximum atomic E-state index is 13.4. The highest BCUT2D eigenvalue weighted by atomic mass is 16.5. The van der Waals surface area contributed by atoms with Gasteiger partial charge in [0.05, 0.1) is 40.2 Å². The molecule has 0 bridgehead atoms. The Balaban J connectivity index is 1.74. The van der Waals surface area contributed by atoms with E-state index in [0.29, 0.717) is 28.6 Å². The number of carbonyl (C=O) groups excluding carboxylic acids is 1. The van der Waals surface area contributed by atoms with Crippen molar-refractivity contribution in [1.82, 2.24) is 5.01 Å². The quantitative estimate of drug-likeness (QED) is 0.543. The van der Waals surface area contributed by atoms with Crippen LogP contribution in [0.25, 0.3) is 0 Å². The number of nitrogens with zero attached hydrogens (tertiary/aromatic N) is 2. The van der Waals surface area contributed by atoms with E-state index in [1.807, 2.05) is 36.4 Å². The summed E-state index contributed by atoms with van der Waals surface area (Å²) in [7, 11) is 6.30. The normalized spacial score (nSPS) is 15.1. The van der Waals surface area contributed by atoms with Gasteiger partial charge in [0.25, 0.3) is 5.91 Å². The number of hydrazone groups is 1. The topological polar surface area (TPSA) is 81.6 Å². The molecular weight excluding hydrogens is 422 g/mol. The summed E-state index contributed by atoms with van der Waals surface area (Å²) >= 11 is 0. The minimum Gasteiger partial charge on any atom is -0.493 e. The molecule has 1 aliphatic rings. The largest absolute Gasteiger partial charge is 0.493 e. The fourth-order valence-corrected chi connectivity index (χ4v) is 3.67. The number of methoxy groups -OCH3 is 4. The molecule has 1 amide bonds. The standard InChI is InChI=1S/C25H25N3O5/c1-30-20-11-9-16(13-22(20)32-3)15-26-28-24(17-10-12-21(31-2)23(14-17)33-4)27-19-8-6-5-7-18(19)25(28)29/h5-15,24,27H,1-4H3. The number of carbonyl (C=O) groups is 1. The van der Waals surface area contributed by atoms with Crippen molar-refractivity contribution in [1.29, 1.82) is 0 Å². The second kappa shape index (κ2) is 9.52. The van der Waals surface area contributed by atoms with Crippen molar-refractivity contribution in [3.63, 3.8) is 0 Å². The average molecular weight is 447 g/mol. The van der Waals surface area contributed by atoms with Gasteiger partial charge in [0, 0.05) is 11.3 Å². The van der Waals surface area contributed by atoms with Crippen LogP contribution < -0.4 is 24.3 Å². The van der Waals surface area contributed by atoms with E-state index in [2.05, 4.69) is 10.4 Å². The van der Waals surface area contributed by atoms with Gasteiger partial charge < -0.3 is 24.3 Å². The van der Waals surface area contributed by atoms with Gasteiger partial charge in [-0.05, 0) is 48.0 Å². The minimum absolute atomic E-state index is 0.221. The number of nitrogens with one attached hydrogen (secondary N) is 1. The summed E-state index contributed by atoms with van der Waals surface area (Å²) in [5, 5.41) is 9.37. The molecule has 0 spiro atoms. The first-order valence-corrected chi connectivity index (χ1v) is 10.3. The highest BCUT2D eigenvalue weighted by molar-refractivity contribution is 6.02. The third-order valence-electron chi connectivity index (χ3n) is 5.36. The first-order chi connectivity index (χ1) is 16.1. The first-order valence-electron chi connectivity index (χ1n) is 10.3. The van der Waals surface area contributed by atoms with Crippen LogP contribution in [0.5, 0.6) is 23.0 Å². The number of rotatable bonds is 7. The molecule has 3 aromatic carbocycles. The summed E-state index contributed by atoms with van der Waals surface area (Å²) in [6, 6.07) is 18.3. The van der Waals surface area contributed by atoms with Crippen molar-refractivity contribution in [2.24, 2.45) is 5.10 Å². The zero-order valence-corrected chi connectivity index (χ0v) is 18.9. The SMILES string of the molecule is COc1ccc(C=NN2C(=O)c3ccccc3NC2c2ccc(OC)c(OC)c2)cc1OC. The van der Waals surface area contributed by atoms with Crippen molar-refractivity contribution in [2.75, 3.05) is 33.8 Å². The van der Waals surface area contributed by atoms with Crippen LogP contribution in [0.2, 0.25) is 0 Å². The number of amides is 1. The monoisotopic (exact) mass is 447 g/mol. The van der Waals surface area contributed by atoms with E-state index < -0.39 is 6.17 Å². The predicted octanol–water partition coefficient (Wildman–Crippen LogP) is 4.32. The van der Waals surface area contributed by atoms with Gasteiger partial charge in [-0.3, -0.25) is 4.79 Å². The van der Waals surface area contributed by atoms with Crippen molar-refractivity contribution in [2.45, 2.75) is 6.17 Å². The lowest BCUT2D eigenvalue weighted by atomic mass is 10.0. The molecule has 170 valence electrons. The minimum atomic E-state index is -0.552. The number of para-hydroxylation sites is 1. The summed E-state index contributed by atoms with van der Waals surface area (Å²) in [6.45, 7) is 0. The lowest BCUT2D eigenvalue weighted by Crippen LogP contribution is -2.39. The maximum absolute atomic E-state index is 13.4. The van der Waals surface area contributed by atoms with Crippen molar-refractivity contribution < 1.29 is 23.7 Å². The van der Waals surface area contributed by atoms with E-state index in [-0.39, 0.29) is 5.91 Å². The third-order valence-corrected chi connectivity index (χ3v) is 5.36.